The van der Waals surface area contributed by atoms with Crippen LogP contribution in [0.3, 0.4) is 0 Å². The summed E-state index contributed by atoms with van der Waals surface area (Å²) < 4.78 is 1.01. The number of aryl methyl sites for hydroxylation is 1. The second-order valence-corrected chi connectivity index (χ2v) is 9.14. The molecule has 2 amide bonds. The molecule has 27 heavy (non-hydrogen) atoms. The van der Waals surface area contributed by atoms with Gasteiger partial charge in [-0.05, 0) is 48.2 Å². The van der Waals surface area contributed by atoms with Crippen molar-refractivity contribution in [2.75, 3.05) is 11.1 Å². The Hall–Kier alpha value is -1.79. The molecule has 0 aliphatic carbocycles. The van der Waals surface area contributed by atoms with E-state index >= 15 is 0 Å². The van der Waals surface area contributed by atoms with E-state index in [1.54, 1.807) is 11.8 Å². The summed E-state index contributed by atoms with van der Waals surface area (Å²) >= 11 is 5.18. The molecule has 140 valence electrons. The van der Waals surface area contributed by atoms with Crippen molar-refractivity contribution in [3.63, 3.8) is 0 Å². The molecule has 2 aromatic carbocycles. The van der Waals surface area contributed by atoms with Crippen molar-refractivity contribution in [2.45, 2.75) is 37.1 Å². The number of nitrogens with one attached hydrogen (secondary N) is 1. The number of amides is 2. The number of carbonyl (C=O) groups excluding carboxylic acids is 2. The first kappa shape index (κ1) is 18.6. The normalized spacial score (nSPS) is 24.1. The van der Waals surface area contributed by atoms with Gasteiger partial charge < -0.3 is 10.2 Å². The number of hydrogen-bond donors (Lipinski definition) is 1. The smallest absolute Gasteiger partial charge is 0.248 e. The van der Waals surface area contributed by atoms with E-state index < -0.39 is 10.9 Å². The molecule has 0 saturated carbocycles. The number of hydrogen-bond acceptors (Lipinski definition) is 3. The number of halogens is 1. The highest BCUT2D eigenvalue weighted by Crippen LogP contribution is 2.54. The van der Waals surface area contributed by atoms with Crippen LogP contribution in [0.15, 0.2) is 53.0 Å². The Labute approximate surface area is 171 Å². The van der Waals surface area contributed by atoms with Crippen molar-refractivity contribution in [3.05, 3.63) is 64.1 Å². The van der Waals surface area contributed by atoms with Crippen molar-refractivity contribution < 1.29 is 9.59 Å². The third-order valence-electron chi connectivity index (χ3n) is 5.33. The SMILES string of the molecule is CCc1cccc(NC(=O)[C@@H]2CS[C@]3(c4ccc(Br)cc4)CCC(=O)N23)c1. The molecule has 4 nitrogen and oxygen atoms in total. The Balaban J connectivity index is 1.60. The first-order chi connectivity index (χ1) is 13.0. The predicted octanol–water partition coefficient (Wildman–Crippen LogP) is 4.54. The molecule has 4 rings (SSSR count). The van der Waals surface area contributed by atoms with E-state index in [1.807, 2.05) is 53.4 Å². The first-order valence-electron chi connectivity index (χ1n) is 9.15. The average Bonchev–Trinajstić information content (AvgIpc) is 3.22. The molecule has 2 aliphatic heterocycles. The molecule has 0 aromatic heterocycles. The third kappa shape index (κ3) is 3.29. The minimum absolute atomic E-state index is 0.0605. The lowest BCUT2D eigenvalue weighted by atomic mass is 10.0. The summed E-state index contributed by atoms with van der Waals surface area (Å²) in [6, 6.07) is 15.5. The molecule has 2 heterocycles. The van der Waals surface area contributed by atoms with E-state index in [4.69, 9.17) is 0 Å². The topological polar surface area (TPSA) is 49.4 Å². The molecular weight excluding hydrogens is 424 g/mol. The van der Waals surface area contributed by atoms with Crippen LogP contribution < -0.4 is 5.32 Å². The Bertz CT molecular complexity index is 886. The lowest BCUT2D eigenvalue weighted by Gasteiger charge is -2.34. The quantitative estimate of drug-likeness (QED) is 0.752. The largest absolute Gasteiger partial charge is 0.324 e. The fourth-order valence-corrected chi connectivity index (χ4v) is 5.86. The van der Waals surface area contributed by atoms with Crippen LogP contribution in [0.2, 0.25) is 0 Å². The lowest BCUT2D eigenvalue weighted by molar-refractivity contribution is -0.136. The summed E-state index contributed by atoms with van der Waals surface area (Å²) in [5.74, 6) is 0.566. The summed E-state index contributed by atoms with van der Waals surface area (Å²) in [5.41, 5.74) is 3.05. The van der Waals surface area contributed by atoms with Gasteiger partial charge in [-0.25, -0.2) is 0 Å². The Morgan fingerprint density at radius 1 is 1.30 bits per heavy atom. The second-order valence-electron chi connectivity index (χ2n) is 6.92. The predicted molar refractivity (Wildman–Crippen MR) is 113 cm³/mol. The van der Waals surface area contributed by atoms with Crippen molar-refractivity contribution in [1.82, 2.24) is 4.90 Å². The molecule has 0 radical (unpaired) electrons. The highest BCUT2D eigenvalue weighted by molar-refractivity contribution is 9.10. The van der Waals surface area contributed by atoms with Gasteiger partial charge in [-0.3, -0.25) is 9.59 Å². The highest BCUT2D eigenvalue weighted by Gasteiger charge is 2.56. The minimum Gasteiger partial charge on any atom is -0.324 e. The number of thioether (sulfide) groups is 1. The molecule has 2 atom stereocenters. The second kappa shape index (κ2) is 7.32. The molecule has 1 N–H and O–H groups in total. The molecular formula is C21H21BrN2O2S. The first-order valence-corrected chi connectivity index (χ1v) is 10.9. The number of rotatable bonds is 4. The summed E-state index contributed by atoms with van der Waals surface area (Å²) in [5, 5.41) is 3.02. The molecule has 2 aliphatic rings. The van der Waals surface area contributed by atoms with Gasteiger partial charge in [0.25, 0.3) is 0 Å². The molecule has 0 unspecified atom stereocenters. The Morgan fingerprint density at radius 2 is 2.07 bits per heavy atom. The minimum atomic E-state index is -0.445. The standard InChI is InChI=1S/C21H21BrN2O2S/c1-2-14-4-3-5-17(12-14)23-20(26)18-13-27-21(11-10-19(25)24(18)21)15-6-8-16(22)9-7-15/h3-9,12,18H,2,10-11,13H2,1H3,(H,23,26)/t18-,21-/m0/s1. The van der Waals surface area contributed by atoms with Crippen LogP contribution in [0, 0.1) is 0 Å². The van der Waals surface area contributed by atoms with E-state index in [2.05, 4.69) is 28.2 Å². The highest BCUT2D eigenvalue weighted by atomic mass is 79.9. The average molecular weight is 445 g/mol. The van der Waals surface area contributed by atoms with Gasteiger partial charge in [0.05, 0.1) is 0 Å². The lowest BCUT2D eigenvalue weighted by Crippen LogP contribution is -2.48. The zero-order chi connectivity index (χ0) is 19.0. The molecule has 2 fully saturated rings. The van der Waals surface area contributed by atoms with Gasteiger partial charge in [0, 0.05) is 22.3 Å². The number of nitrogens with zero attached hydrogens (tertiary/aromatic N) is 1. The Kier molecular flexibility index (Phi) is 5.03. The fourth-order valence-electron chi connectivity index (χ4n) is 3.94. The number of fused-ring (bicyclic) bond motifs is 1. The zero-order valence-electron chi connectivity index (χ0n) is 15.1. The summed E-state index contributed by atoms with van der Waals surface area (Å²) in [4.78, 5) is 27.1. The van der Waals surface area contributed by atoms with Gasteiger partial charge >= 0.3 is 0 Å². The molecule has 0 bridgehead atoms. The van der Waals surface area contributed by atoms with Crippen molar-refractivity contribution in [2.24, 2.45) is 0 Å². The van der Waals surface area contributed by atoms with Gasteiger partial charge in [-0.2, -0.15) is 0 Å². The number of carbonyl (C=O) groups is 2. The summed E-state index contributed by atoms with van der Waals surface area (Å²) in [7, 11) is 0. The maximum Gasteiger partial charge on any atom is 0.248 e. The van der Waals surface area contributed by atoms with Crippen LogP contribution in [-0.4, -0.2) is 28.5 Å². The fraction of sp³-hybridized carbons (Fsp3) is 0.333. The van der Waals surface area contributed by atoms with Gasteiger partial charge in [-0.15, -0.1) is 11.8 Å². The van der Waals surface area contributed by atoms with Gasteiger partial charge in [-0.1, -0.05) is 47.1 Å². The van der Waals surface area contributed by atoms with Crippen LogP contribution in [-0.2, 0) is 20.9 Å². The third-order valence-corrected chi connectivity index (χ3v) is 7.45. The van der Waals surface area contributed by atoms with Gasteiger partial charge in [0.2, 0.25) is 11.8 Å². The van der Waals surface area contributed by atoms with Crippen LogP contribution in [0.1, 0.15) is 30.9 Å². The maximum absolute atomic E-state index is 13.0. The van der Waals surface area contributed by atoms with Crippen LogP contribution >= 0.6 is 27.7 Å². The maximum atomic E-state index is 13.0. The number of anilines is 1. The molecule has 0 spiro atoms. The van der Waals surface area contributed by atoms with Crippen LogP contribution in [0.5, 0.6) is 0 Å². The monoisotopic (exact) mass is 444 g/mol. The van der Waals surface area contributed by atoms with E-state index in [0.29, 0.717) is 12.2 Å². The van der Waals surface area contributed by atoms with E-state index in [0.717, 1.165) is 28.6 Å². The molecule has 2 aromatic rings. The zero-order valence-corrected chi connectivity index (χ0v) is 17.5. The molecule has 2 saturated heterocycles. The van der Waals surface area contributed by atoms with Crippen molar-refractivity contribution >= 4 is 45.2 Å². The summed E-state index contributed by atoms with van der Waals surface area (Å²) in [6.45, 7) is 2.09. The van der Waals surface area contributed by atoms with Gasteiger partial charge in [0.15, 0.2) is 0 Å². The van der Waals surface area contributed by atoms with Crippen LogP contribution in [0.25, 0.3) is 0 Å². The van der Waals surface area contributed by atoms with Crippen molar-refractivity contribution in [1.29, 1.82) is 0 Å². The van der Waals surface area contributed by atoms with E-state index in [1.165, 1.54) is 5.56 Å². The van der Waals surface area contributed by atoms with Crippen LogP contribution in [0.4, 0.5) is 5.69 Å². The van der Waals surface area contributed by atoms with Gasteiger partial charge in [0.1, 0.15) is 10.9 Å². The summed E-state index contributed by atoms with van der Waals surface area (Å²) in [6.07, 6.45) is 2.14. The van der Waals surface area contributed by atoms with E-state index in [-0.39, 0.29) is 11.8 Å². The Morgan fingerprint density at radius 3 is 2.81 bits per heavy atom. The molecule has 6 heteroatoms. The van der Waals surface area contributed by atoms with Crippen molar-refractivity contribution in [3.8, 4) is 0 Å². The van der Waals surface area contributed by atoms with E-state index in [9.17, 15) is 9.59 Å². The number of benzene rings is 2.